The third-order valence-electron chi connectivity index (χ3n) is 7.34. The van der Waals surface area contributed by atoms with Crippen LogP contribution in [-0.4, -0.2) is 101 Å². The van der Waals surface area contributed by atoms with Crippen LogP contribution in [0.1, 0.15) is 55.5 Å². The minimum absolute atomic E-state index is 0.214. The highest BCUT2D eigenvalue weighted by Gasteiger charge is 2.17. The Balaban J connectivity index is 1.47. The van der Waals surface area contributed by atoms with E-state index in [1.165, 1.54) is 7.11 Å². The summed E-state index contributed by atoms with van der Waals surface area (Å²) in [6, 6.07) is 7.86. The third kappa shape index (κ3) is 8.76. The number of hydrogen-bond acceptors (Lipinski definition) is 10. The van der Waals surface area contributed by atoms with Crippen LogP contribution in [0.5, 0.6) is 6.01 Å². The summed E-state index contributed by atoms with van der Waals surface area (Å²) < 4.78 is 17.9. The molecule has 0 saturated carbocycles. The number of nitrogens with one attached hydrogen (secondary N) is 2. The molecule has 0 amide bonds. The third-order valence-corrected chi connectivity index (χ3v) is 7.34. The second kappa shape index (κ2) is 16.2. The fraction of sp³-hybridized carbons (Fsp3) is 0.600. The van der Waals surface area contributed by atoms with Crippen molar-refractivity contribution in [3.8, 4) is 6.01 Å². The molecule has 1 saturated heterocycles. The zero-order chi connectivity index (χ0) is 29.7. The zero-order valence-electron chi connectivity index (χ0n) is 25.2. The summed E-state index contributed by atoms with van der Waals surface area (Å²) in [7, 11) is 1.39. The van der Waals surface area contributed by atoms with Crippen LogP contribution in [0.15, 0.2) is 29.1 Å². The van der Waals surface area contributed by atoms with E-state index in [-0.39, 0.29) is 17.7 Å². The van der Waals surface area contributed by atoms with Crippen LogP contribution in [0.2, 0.25) is 0 Å². The summed E-state index contributed by atoms with van der Waals surface area (Å²) in [5.74, 6) is 0.228. The number of imidazole rings is 1. The van der Waals surface area contributed by atoms with E-state index in [9.17, 15) is 9.59 Å². The van der Waals surface area contributed by atoms with E-state index in [2.05, 4.69) is 37.0 Å². The Kier molecular flexibility index (Phi) is 12.2. The molecule has 230 valence electrons. The Bertz CT molecular complexity index is 1340. The number of carbonyl (C=O) groups excluding carboxylic acids is 1. The summed E-state index contributed by atoms with van der Waals surface area (Å²) in [5, 5.41) is 3.22. The van der Waals surface area contributed by atoms with Crippen molar-refractivity contribution in [2.75, 3.05) is 71.5 Å². The van der Waals surface area contributed by atoms with Crippen molar-refractivity contribution < 1.29 is 19.0 Å². The number of methoxy groups -OCH3 is 1. The summed E-state index contributed by atoms with van der Waals surface area (Å²) >= 11 is 0. The number of nitrogens with zero attached hydrogens (tertiary/aromatic N) is 5. The van der Waals surface area contributed by atoms with Crippen LogP contribution >= 0.6 is 0 Å². The van der Waals surface area contributed by atoms with Gasteiger partial charge in [-0.1, -0.05) is 25.5 Å². The molecular weight excluding hydrogens is 538 g/mol. The molecule has 0 spiro atoms. The molecule has 0 radical (unpaired) electrons. The lowest BCUT2D eigenvalue weighted by Crippen LogP contribution is -2.38. The summed E-state index contributed by atoms with van der Waals surface area (Å²) in [4.78, 5) is 41.9. The highest BCUT2D eigenvalue weighted by molar-refractivity contribution is 5.89. The number of benzene rings is 1. The number of unbranched alkanes of at least 4 members (excludes halogenated alkanes) is 1. The van der Waals surface area contributed by atoms with Crippen molar-refractivity contribution in [1.29, 1.82) is 0 Å². The lowest BCUT2D eigenvalue weighted by atomic mass is 10.1. The van der Waals surface area contributed by atoms with Gasteiger partial charge in [0.25, 0.3) is 0 Å². The van der Waals surface area contributed by atoms with Gasteiger partial charge in [0.1, 0.15) is 5.52 Å². The normalized spacial score (nSPS) is 14.0. The number of rotatable bonds is 17. The second-order valence-electron chi connectivity index (χ2n) is 10.5. The van der Waals surface area contributed by atoms with Gasteiger partial charge in [0, 0.05) is 39.3 Å². The molecule has 1 aliphatic rings. The van der Waals surface area contributed by atoms with Gasteiger partial charge in [-0.15, -0.1) is 0 Å². The molecule has 1 aromatic carbocycles. The first-order valence-corrected chi connectivity index (χ1v) is 15.1. The zero-order valence-corrected chi connectivity index (χ0v) is 25.2. The lowest BCUT2D eigenvalue weighted by molar-refractivity contribution is 0.0359. The first-order valence-electron chi connectivity index (χ1n) is 15.1. The van der Waals surface area contributed by atoms with E-state index in [4.69, 9.17) is 14.2 Å². The largest absolute Gasteiger partial charge is 0.465 e. The number of fused-ring (bicyclic) bond motifs is 1. The van der Waals surface area contributed by atoms with Crippen molar-refractivity contribution in [3.05, 3.63) is 45.9 Å². The van der Waals surface area contributed by atoms with Crippen LogP contribution in [0, 0.1) is 0 Å². The molecule has 2 N–H and O–H groups in total. The Labute approximate surface area is 247 Å². The second-order valence-corrected chi connectivity index (χ2v) is 10.5. The number of aryl methyl sites for hydroxylation is 1. The molecule has 1 aliphatic heterocycles. The molecule has 0 aliphatic carbocycles. The van der Waals surface area contributed by atoms with Gasteiger partial charge < -0.3 is 24.5 Å². The van der Waals surface area contributed by atoms with Crippen LogP contribution < -0.4 is 15.7 Å². The highest BCUT2D eigenvalue weighted by atomic mass is 16.5. The molecule has 3 heterocycles. The Morgan fingerprint density at radius 2 is 1.90 bits per heavy atom. The van der Waals surface area contributed by atoms with Gasteiger partial charge in [0.2, 0.25) is 0 Å². The topological polar surface area (TPSA) is 127 Å². The number of ether oxygens (including phenoxy) is 3. The van der Waals surface area contributed by atoms with E-state index < -0.39 is 0 Å². The molecule has 12 heteroatoms. The minimum Gasteiger partial charge on any atom is -0.465 e. The first kappa shape index (κ1) is 31.5. The van der Waals surface area contributed by atoms with Gasteiger partial charge in [-0.2, -0.15) is 9.97 Å². The SMILES string of the molecule is CCCCOc1nc(NCC)c2[nH]c(=O)n(CCCN(CCCN3CCOCC3)Cc3cccc(C(=O)OC)c3)c2n1. The van der Waals surface area contributed by atoms with Crippen molar-refractivity contribution >= 4 is 23.0 Å². The molecule has 42 heavy (non-hydrogen) atoms. The molecule has 0 bridgehead atoms. The predicted molar refractivity (Wildman–Crippen MR) is 162 cm³/mol. The predicted octanol–water partition coefficient (Wildman–Crippen LogP) is 3.13. The molecule has 3 aromatic rings. The Hall–Kier alpha value is -3.48. The van der Waals surface area contributed by atoms with Crippen LogP contribution in [0.4, 0.5) is 5.82 Å². The number of anilines is 1. The molecular formula is C30H45N7O5. The maximum absolute atomic E-state index is 13.0. The number of aromatic nitrogens is 4. The summed E-state index contributed by atoms with van der Waals surface area (Å²) in [5.41, 5.74) is 2.51. The van der Waals surface area contributed by atoms with E-state index in [0.29, 0.717) is 48.8 Å². The van der Waals surface area contributed by atoms with Gasteiger partial charge in [-0.25, -0.2) is 9.59 Å². The van der Waals surface area contributed by atoms with Crippen LogP contribution in [-0.2, 0) is 22.6 Å². The van der Waals surface area contributed by atoms with E-state index in [1.54, 1.807) is 10.6 Å². The standard InChI is InChI=1S/C30H45N7O5/c1-4-6-18-42-29-33-26(31-5-2)25-27(34-29)37(30(39)32-25)15-9-14-36(13-8-12-35-16-19-41-20-17-35)22-23-10-7-11-24(21-23)28(38)40-3/h7,10-11,21H,4-6,8-9,12-20,22H2,1-3H3,(H,32,39)(H,31,33,34). The van der Waals surface area contributed by atoms with Crippen molar-refractivity contribution in [2.45, 2.75) is 52.6 Å². The summed E-state index contributed by atoms with van der Waals surface area (Å²) in [6.45, 7) is 12.6. The molecule has 1 fully saturated rings. The Morgan fingerprint density at radius 3 is 2.64 bits per heavy atom. The smallest absolute Gasteiger partial charge is 0.337 e. The fourth-order valence-corrected chi connectivity index (χ4v) is 5.12. The Morgan fingerprint density at radius 1 is 1.12 bits per heavy atom. The van der Waals surface area contributed by atoms with Gasteiger partial charge in [0.05, 0.1) is 32.5 Å². The number of H-pyrrole nitrogens is 1. The number of aromatic amines is 1. The highest BCUT2D eigenvalue weighted by Crippen LogP contribution is 2.21. The number of hydrogen-bond donors (Lipinski definition) is 2. The maximum atomic E-state index is 13.0. The van der Waals surface area contributed by atoms with Crippen LogP contribution in [0.3, 0.4) is 0 Å². The number of carbonyl (C=O) groups is 1. The van der Waals surface area contributed by atoms with Gasteiger partial charge in [-0.3, -0.25) is 14.4 Å². The molecule has 0 atom stereocenters. The van der Waals surface area contributed by atoms with Gasteiger partial charge >= 0.3 is 17.7 Å². The van der Waals surface area contributed by atoms with Gasteiger partial charge in [0.15, 0.2) is 11.5 Å². The van der Waals surface area contributed by atoms with Gasteiger partial charge in [-0.05, 0) is 57.0 Å². The van der Waals surface area contributed by atoms with E-state index in [0.717, 1.165) is 77.2 Å². The van der Waals surface area contributed by atoms with Crippen molar-refractivity contribution in [3.63, 3.8) is 0 Å². The lowest BCUT2D eigenvalue weighted by Gasteiger charge is -2.28. The van der Waals surface area contributed by atoms with Crippen LogP contribution in [0.25, 0.3) is 11.2 Å². The van der Waals surface area contributed by atoms with E-state index in [1.807, 2.05) is 25.1 Å². The maximum Gasteiger partial charge on any atom is 0.337 e. The molecule has 4 rings (SSSR count). The van der Waals surface area contributed by atoms with E-state index >= 15 is 0 Å². The molecule has 0 unspecified atom stereocenters. The number of morpholine rings is 1. The first-order chi connectivity index (χ1) is 20.5. The fourth-order valence-electron chi connectivity index (χ4n) is 5.12. The van der Waals surface area contributed by atoms with Crippen molar-refractivity contribution in [1.82, 2.24) is 29.3 Å². The molecule has 12 nitrogen and oxygen atoms in total. The number of esters is 1. The monoisotopic (exact) mass is 583 g/mol. The minimum atomic E-state index is -0.341. The average Bonchev–Trinajstić information content (AvgIpc) is 3.32. The average molecular weight is 584 g/mol. The van der Waals surface area contributed by atoms with Crippen molar-refractivity contribution in [2.24, 2.45) is 0 Å². The quantitative estimate of drug-likeness (QED) is 0.181. The summed E-state index contributed by atoms with van der Waals surface area (Å²) in [6.07, 6.45) is 3.67. The molecule has 2 aromatic heterocycles.